The fourth-order valence-corrected chi connectivity index (χ4v) is 26.7. The number of rotatable bonds is 71. The van der Waals surface area contributed by atoms with Gasteiger partial charge in [-0.05, 0) is 0 Å². The SMILES string of the molecule is [B][B]B(B([B])[B])B(B([B])[B])B(B(B([B])[B])B([B])[B])B(B(B(B(B([B])[B])B([B])[B])B(B([B])[B])B([B])[B])B(B(B([B])[B])B([B])[B])B(B([B])[B])B([B])[B])B(B(B(B(B([B])[B])B([B])[B])B(B([B])[B])B([B])[B])B(B(B([B])[B])B([B])[B])B(B([B])[B])B([B])[B])B(B(B(B(B([B])[B])B([B])[B])B(B([B])[B])B([B])[B])B(B(B([B])[B])B([B])[B])B(B([B])[B])B([B])[B])B(B(B(B([B])[B])B([B])[B])B(B([B])[B])B([B])[B])B(B(B([B])[B])B([B])[B])B(B([B])[B])B([B])[B]. The number of hydrogen-bond donors (Lipinski definition) is 0. The zero-order valence-corrected chi connectivity index (χ0v) is 83.7. The van der Waals surface area contributed by atoms with Crippen LogP contribution in [0.5, 0.6) is 0 Å². The highest BCUT2D eigenvalue weighted by molar-refractivity contribution is 8.48. The summed E-state index contributed by atoms with van der Waals surface area (Å²) in [5, 5.41) is 0. The molecule has 0 atom stereocenters. The Morgan fingerprint density at radius 1 is 0.0621 bits per heavy atom. The van der Waals surface area contributed by atoms with E-state index >= 15 is 0 Å². The average Bonchev–Trinajstić information content (AvgIpc) is 0.694. The zero-order chi connectivity index (χ0) is 115. The standard InChI is InChI=1S/B145/c1-74-111(75(2)3)129(110(72)73)138(128(108(68)69)109(70)71)143(139(130(112(76(4)5)77(6)7)113(78(8)9)79(10)11)131(114(80(12)13)81(14)15)115(82(16)17)83(18)19)145(142(136(124(100(52)53)101(54)55)125(102(56)57)103(58)59)137(126(104(60)61)105(62)63)127(106(64)65)107(66)67)144(140(132(116(84(20)21)85(22)23)117(86(24)25)87(26)27)133(118(88(28)29)89(30)31)119(90(32)33)91(34)35)141(134(120(92(36)37)93(38)39)121(94(40)41)95(42)43)135(122(96(44)45)97(46)47)123(98(48)49)99(50)51. The highest BCUT2D eigenvalue weighted by Crippen LogP contribution is 2.35. The van der Waals surface area contributed by atoms with Gasteiger partial charge >= 0.3 is 0 Å². The molecule has 0 N–H and O–H groups in total. The van der Waals surface area contributed by atoms with Gasteiger partial charge in [0.25, 0.3) is 0 Å². The summed E-state index contributed by atoms with van der Waals surface area (Å²) in [5.74, 6) is 0. The third-order valence-corrected chi connectivity index (χ3v) is 31.3. The van der Waals surface area contributed by atoms with Gasteiger partial charge in [0.2, 0.25) is 0 Å². The maximum absolute atomic E-state index is 7.85. The van der Waals surface area contributed by atoms with E-state index in [0.717, 1.165) is 7.06 Å². The van der Waals surface area contributed by atoms with E-state index in [4.69, 9.17) is 565 Å². The predicted molar refractivity (Wildman–Crippen MR) is 834 cm³/mol. The summed E-state index contributed by atoms with van der Waals surface area (Å²) < 4.78 is 0. The molecule has 0 heterocycles. The van der Waals surface area contributed by atoms with Gasteiger partial charge in [-0.3, -0.25) is 0 Å². The molecule has 0 aliphatic carbocycles. The van der Waals surface area contributed by atoms with Crippen molar-refractivity contribution >= 4 is 1030 Å². The highest BCUT2D eigenvalue weighted by Gasteiger charge is 2.73. The largest absolute Gasteiger partial charge is 0 e. The molecule has 147 radical (unpaired) electrons. The van der Waals surface area contributed by atoms with Gasteiger partial charge in [-0.25, -0.2) is 0 Å². The van der Waals surface area contributed by atoms with Crippen LogP contribution in [0.2, 0.25) is 0 Å². The summed E-state index contributed by atoms with van der Waals surface area (Å²) in [7, 11) is 554. The monoisotopic (exact) mass is 1600 g/mol. The normalized spacial score (nSPS) is 9.88. The first kappa shape index (κ1) is 154. The third-order valence-electron chi connectivity index (χ3n) is 31.3. The molecule has 0 unspecified atom stereocenters. The molecule has 0 aromatic heterocycles. The Morgan fingerprint density at radius 3 is 0.152 bits per heavy atom. The van der Waals surface area contributed by atoms with Gasteiger partial charge in [0.05, 0.1) is 0 Å². The van der Waals surface area contributed by atoms with Crippen LogP contribution in [0.3, 0.4) is 0 Å². The Morgan fingerprint density at radius 2 is 0.110 bits per heavy atom. The summed E-state index contributed by atoms with van der Waals surface area (Å²) in [4.78, 5) is 0. The second-order valence-electron chi connectivity index (χ2n) is 41.2. The van der Waals surface area contributed by atoms with Crippen LogP contribution in [0.25, 0.3) is 0 Å². The van der Waals surface area contributed by atoms with Crippen molar-refractivity contribution in [1.82, 2.24) is 0 Å². The Balaban J connectivity index is 18.8. The Kier molecular flexibility index (Phi) is 76.0. The fraction of sp³-hybridized carbons (Fsp3) is 0. The third kappa shape index (κ3) is 41.4. The van der Waals surface area contributed by atoms with Crippen LogP contribution in [0.1, 0.15) is 0 Å². The Labute approximate surface area is 1010 Å². The van der Waals surface area contributed by atoms with E-state index in [-0.39, 0.29) is 0 Å². The van der Waals surface area contributed by atoms with Gasteiger partial charge in [-0.2, -0.15) is 0 Å². The zero-order valence-electron chi connectivity index (χ0n) is 83.7. The van der Waals surface area contributed by atoms with Gasteiger partial charge in [0.15, 0.2) is 0 Å². The van der Waals surface area contributed by atoms with Crippen LogP contribution in [-0.2, 0) is 0 Å². The van der Waals surface area contributed by atoms with Crippen molar-refractivity contribution in [3.05, 3.63) is 0 Å². The van der Waals surface area contributed by atoms with Gasteiger partial charge in [-0.15, -0.1) is 0 Å². The molecule has 0 bridgehead atoms. The van der Waals surface area contributed by atoms with Crippen molar-refractivity contribution in [3.8, 4) is 0 Å². The quantitative estimate of drug-likeness (QED) is 0.0533. The first-order valence-corrected chi connectivity index (χ1v) is 48.0. The van der Waals surface area contributed by atoms with E-state index in [2.05, 4.69) is 0 Å². The molecule has 0 fully saturated rings. The first-order valence-electron chi connectivity index (χ1n) is 48.0. The minimum atomic E-state index is -3.09. The summed E-state index contributed by atoms with van der Waals surface area (Å²) in [6.45, 7) is 0. The lowest BCUT2D eigenvalue weighted by molar-refractivity contribution is 3.10. The van der Waals surface area contributed by atoms with E-state index in [1.54, 1.807) is 0 Å². The summed E-state index contributed by atoms with van der Waals surface area (Å²) in [6, 6.07) is 0. The topological polar surface area (TPSA) is 0 Å². The van der Waals surface area contributed by atoms with Gasteiger partial charge in [0, 0.05) is 1030 Å². The lowest BCUT2D eigenvalue weighted by Crippen LogP contribution is -3.04. The van der Waals surface area contributed by atoms with E-state index in [1.165, 1.54) is 0 Å². The maximum atomic E-state index is 7.85. The predicted octanol–water partition coefficient (Wildman–Crippen LogP) is -55.2. The molecule has 0 aromatic carbocycles. The van der Waals surface area contributed by atoms with Gasteiger partial charge in [-0.1, -0.05) is 0 Å². The molecular weight excluding hydrogens is 1570 g/mol. The van der Waals surface area contributed by atoms with Crippen LogP contribution in [0.4, 0.5) is 0 Å². The lowest BCUT2D eigenvalue weighted by atomic mass is 8.16. The van der Waals surface area contributed by atoms with E-state index in [9.17, 15) is 0 Å². The molecule has 0 nitrogen and oxygen atoms in total. The van der Waals surface area contributed by atoms with Crippen LogP contribution < -0.4 is 0 Å². The average molecular weight is 1570 g/mol. The smallest absolute Gasteiger partial charge is 0 e. The number of hydrogen-bond acceptors (Lipinski definition) is 0. The molecule has 145 heavy (non-hydrogen) atoms. The molecule has 0 spiro atoms. The summed E-state index contributed by atoms with van der Waals surface area (Å²) >= 11 is 0. The van der Waals surface area contributed by atoms with Crippen molar-refractivity contribution in [2.75, 3.05) is 0 Å². The van der Waals surface area contributed by atoms with Crippen molar-refractivity contribution in [3.63, 3.8) is 0 Å². The first-order chi connectivity index (χ1) is 66.0. The van der Waals surface area contributed by atoms with Crippen molar-refractivity contribution in [2.24, 2.45) is 0 Å². The van der Waals surface area contributed by atoms with Crippen molar-refractivity contribution in [2.45, 2.75) is 0 Å². The molecule has 0 amide bonds. The summed E-state index contributed by atoms with van der Waals surface area (Å²) in [6.07, 6.45) is -166. The van der Waals surface area contributed by atoms with Gasteiger partial charge < -0.3 is 0 Å². The van der Waals surface area contributed by atoms with Crippen LogP contribution in [0.15, 0.2) is 0 Å². The highest BCUT2D eigenvalue weighted by atomic mass is 13.5. The molecule has 0 aliphatic rings. The second-order valence-corrected chi connectivity index (χ2v) is 41.2. The van der Waals surface area contributed by atoms with E-state index in [1.807, 2.05) is 0 Å². The van der Waals surface area contributed by atoms with E-state index < -0.39 is 453 Å². The molecule has 0 saturated carbocycles. The lowest BCUT2D eigenvalue weighted by Gasteiger charge is -2.65. The van der Waals surface area contributed by atoms with Crippen LogP contribution in [0, 0.1) is 0 Å². The molecule has 0 aliphatic heterocycles. The molecule has 145 heteroatoms. The van der Waals surface area contributed by atoms with E-state index in [0.29, 0.717) is 0 Å². The molecule has 435 valence electrons. The van der Waals surface area contributed by atoms with Crippen LogP contribution in [-0.4, -0.2) is 1030 Å². The fourth-order valence-electron chi connectivity index (χ4n) is 26.7. The molecular formula is B145. The summed E-state index contributed by atoms with van der Waals surface area (Å²) in [5.41, 5.74) is 0. The van der Waals surface area contributed by atoms with Gasteiger partial charge in [0.1, 0.15) is 0 Å². The van der Waals surface area contributed by atoms with Crippen LogP contribution >= 0.6 is 0 Å². The van der Waals surface area contributed by atoms with Crippen molar-refractivity contribution in [1.29, 1.82) is 0 Å². The molecule has 0 rings (SSSR count). The minimum absolute atomic E-state index is 0.888. The maximum Gasteiger partial charge on any atom is 0 e. The molecule has 0 saturated heterocycles. The van der Waals surface area contributed by atoms with Crippen molar-refractivity contribution < 1.29 is 0 Å². The Hall–Kier alpha value is 9.42. The minimum Gasteiger partial charge on any atom is 0 e. The Bertz CT molecular complexity index is 2550. The molecule has 0 aromatic rings. The second kappa shape index (κ2) is 71.4.